The molecule has 0 aromatic heterocycles. The van der Waals surface area contributed by atoms with Crippen LogP contribution in [0.3, 0.4) is 0 Å². The maximum Gasteiger partial charge on any atom is 0.329 e. The second-order valence-corrected chi connectivity index (χ2v) is 8.64. The fraction of sp³-hybridized carbons (Fsp3) is 0.120. The standard InChI is InChI=1S/C25H22BrClN4O5/c1-15-6-3-4-9-20(15)30-22(32)14-36-23-19(26)10-16(11-21(23)35-2)13-28-31-25(34)24(33)29-18-8-5-7-17(27)12-18/h3-13H,14H2,1-2H3,(H,29,33)(H,30,32)(H,31,34)/b28-13-. The van der Waals surface area contributed by atoms with Gasteiger partial charge < -0.3 is 20.1 Å². The molecule has 3 aromatic carbocycles. The van der Waals surface area contributed by atoms with E-state index in [0.717, 1.165) is 5.56 Å². The van der Waals surface area contributed by atoms with Crippen molar-refractivity contribution in [2.45, 2.75) is 6.92 Å². The lowest BCUT2D eigenvalue weighted by atomic mass is 10.2. The lowest BCUT2D eigenvalue weighted by Crippen LogP contribution is -2.32. The average Bonchev–Trinajstić information content (AvgIpc) is 2.84. The molecule has 0 aliphatic carbocycles. The fourth-order valence-corrected chi connectivity index (χ4v) is 3.73. The molecule has 0 spiro atoms. The van der Waals surface area contributed by atoms with Gasteiger partial charge in [0.1, 0.15) is 0 Å². The van der Waals surface area contributed by atoms with E-state index in [-0.39, 0.29) is 12.5 Å². The molecule has 3 amide bonds. The van der Waals surface area contributed by atoms with Crippen molar-refractivity contribution < 1.29 is 23.9 Å². The molecule has 0 heterocycles. The summed E-state index contributed by atoms with van der Waals surface area (Å²) in [7, 11) is 1.45. The maximum absolute atomic E-state index is 12.3. The third kappa shape index (κ3) is 7.56. The maximum atomic E-state index is 12.3. The first-order valence-corrected chi connectivity index (χ1v) is 11.7. The highest BCUT2D eigenvalue weighted by molar-refractivity contribution is 9.10. The van der Waals surface area contributed by atoms with E-state index in [0.29, 0.717) is 37.9 Å². The van der Waals surface area contributed by atoms with Crippen LogP contribution in [0.2, 0.25) is 5.02 Å². The number of amides is 3. The Bertz CT molecular complexity index is 1320. The molecule has 0 saturated carbocycles. The molecule has 9 nitrogen and oxygen atoms in total. The number of ether oxygens (including phenoxy) is 2. The second kappa shape index (κ2) is 12.7. The van der Waals surface area contributed by atoms with Gasteiger partial charge in [-0.05, 0) is 70.4 Å². The van der Waals surface area contributed by atoms with Gasteiger partial charge in [-0.25, -0.2) is 5.43 Å². The van der Waals surface area contributed by atoms with Gasteiger partial charge in [0.15, 0.2) is 18.1 Å². The van der Waals surface area contributed by atoms with Crippen LogP contribution in [0.1, 0.15) is 11.1 Å². The number of methoxy groups -OCH3 is 1. The SMILES string of the molecule is COc1cc(/C=N\NC(=O)C(=O)Nc2cccc(Cl)c2)cc(Br)c1OCC(=O)Nc1ccccc1C. The molecule has 11 heteroatoms. The van der Waals surface area contributed by atoms with Crippen molar-refractivity contribution in [1.29, 1.82) is 0 Å². The predicted molar refractivity (Wildman–Crippen MR) is 142 cm³/mol. The normalized spacial score (nSPS) is 10.6. The van der Waals surface area contributed by atoms with Gasteiger partial charge in [0.25, 0.3) is 5.91 Å². The minimum absolute atomic E-state index is 0.242. The molecule has 3 aromatic rings. The Hall–Kier alpha value is -3.89. The highest BCUT2D eigenvalue weighted by Gasteiger charge is 2.15. The first kappa shape index (κ1) is 26.7. The third-order valence-corrected chi connectivity index (χ3v) is 5.51. The number of hydrogen-bond donors (Lipinski definition) is 3. The van der Waals surface area contributed by atoms with E-state index in [1.807, 2.05) is 25.1 Å². The van der Waals surface area contributed by atoms with Crippen LogP contribution in [0.4, 0.5) is 11.4 Å². The van der Waals surface area contributed by atoms with Crippen LogP contribution in [0, 0.1) is 6.92 Å². The zero-order valence-corrected chi connectivity index (χ0v) is 21.6. The minimum atomic E-state index is -0.961. The number of benzene rings is 3. The Morgan fingerprint density at radius 2 is 1.81 bits per heavy atom. The summed E-state index contributed by atoms with van der Waals surface area (Å²) in [6.07, 6.45) is 1.33. The Morgan fingerprint density at radius 1 is 1.03 bits per heavy atom. The van der Waals surface area contributed by atoms with Gasteiger partial charge in [0.2, 0.25) is 0 Å². The quantitative estimate of drug-likeness (QED) is 0.208. The van der Waals surface area contributed by atoms with Crippen LogP contribution in [0.15, 0.2) is 70.2 Å². The monoisotopic (exact) mass is 572 g/mol. The van der Waals surface area contributed by atoms with E-state index in [2.05, 4.69) is 37.1 Å². The van der Waals surface area contributed by atoms with Gasteiger partial charge in [-0.15, -0.1) is 0 Å². The molecule has 0 saturated heterocycles. The summed E-state index contributed by atoms with van der Waals surface area (Å²) in [5, 5.41) is 9.44. The third-order valence-electron chi connectivity index (χ3n) is 4.69. The largest absolute Gasteiger partial charge is 0.493 e. The lowest BCUT2D eigenvalue weighted by Gasteiger charge is -2.14. The van der Waals surface area contributed by atoms with Gasteiger partial charge in [-0.2, -0.15) is 5.10 Å². The number of carbonyl (C=O) groups is 3. The van der Waals surface area contributed by atoms with E-state index in [9.17, 15) is 14.4 Å². The van der Waals surface area contributed by atoms with Crippen molar-refractivity contribution >= 4 is 62.8 Å². The number of rotatable bonds is 8. The number of anilines is 2. The first-order valence-electron chi connectivity index (χ1n) is 10.5. The summed E-state index contributed by atoms with van der Waals surface area (Å²) in [5.41, 5.74) is 4.70. The minimum Gasteiger partial charge on any atom is -0.493 e. The molecule has 0 radical (unpaired) electrons. The molecule has 0 fully saturated rings. The molecule has 0 bridgehead atoms. The lowest BCUT2D eigenvalue weighted by molar-refractivity contribution is -0.136. The highest BCUT2D eigenvalue weighted by Crippen LogP contribution is 2.36. The number of hydrogen-bond acceptors (Lipinski definition) is 6. The molecule has 0 aliphatic rings. The molecular weight excluding hydrogens is 552 g/mol. The van der Waals surface area contributed by atoms with Gasteiger partial charge in [-0.1, -0.05) is 35.9 Å². The molecule has 0 aliphatic heterocycles. The number of hydrazone groups is 1. The van der Waals surface area contributed by atoms with Gasteiger partial charge >= 0.3 is 11.8 Å². The van der Waals surface area contributed by atoms with Crippen molar-refractivity contribution in [2.75, 3.05) is 24.4 Å². The van der Waals surface area contributed by atoms with Gasteiger partial charge in [0.05, 0.1) is 17.8 Å². The van der Waals surface area contributed by atoms with Crippen molar-refractivity contribution in [3.05, 3.63) is 81.3 Å². The summed E-state index contributed by atoms with van der Waals surface area (Å²) in [4.78, 5) is 36.3. The van der Waals surface area contributed by atoms with E-state index in [4.69, 9.17) is 21.1 Å². The van der Waals surface area contributed by atoms with Crippen LogP contribution in [-0.4, -0.2) is 37.7 Å². The van der Waals surface area contributed by atoms with E-state index < -0.39 is 11.8 Å². The smallest absolute Gasteiger partial charge is 0.329 e. The van der Waals surface area contributed by atoms with Gasteiger partial charge in [0, 0.05) is 16.4 Å². The number of halogens is 2. The number of carbonyl (C=O) groups excluding carboxylic acids is 3. The van der Waals surface area contributed by atoms with Crippen LogP contribution >= 0.6 is 27.5 Å². The van der Waals surface area contributed by atoms with Crippen molar-refractivity contribution in [3.8, 4) is 11.5 Å². The van der Waals surface area contributed by atoms with Crippen molar-refractivity contribution in [2.24, 2.45) is 5.10 Å². The summed E-state index contributed by atoms with van der Waals surface area (Å²) >= 11 is 9.26. The van der Waals surface area contributed by atoms with Gasteiger partial charge in [-0.3, -0.25) is 14.4 Å². The Balaban J connectivity index is 1.59. The summed E-state index contributed by atoms with van der Waals surface area (Å²) in [5.74, 6) is -1.54. The highest BCUT2D eigenvalue weighted by atomic mass is 79.9. The number of para-hydroxylation sites is 1. The van der Waals surface area contributed by atoms with E-state index >= 15 is 0 Å². The van der Waals surface area contributed by atoms with E-state index in [1.165, 1.54) is 19.4 Å². The van der Waals surface area contributed by atoms with Crippen LogP contribution in [0.25, 0.3) is 0 Å². The molecule has 3 N–H and O–H groups in total. The zero-order valence-electron chi connectivity index (χ0n) is 19.3. The van der Waals surface area contributed by atoms with Crippen molar-refractivity contribution in [1.82, 2.24) is 5.43 Å². The van der Waals surface area contributed by atoms with Crippen LogP contribution in [0.5, 0.6) is 11.5 Å². The zero-order chi connectivity index (χ0) is 26.1. The topological polar surface area (TPSA) is 118 Å². The predicted octanol–water partition coefficient (Wildman–Crippen LogP) is 4.53. The van der Waals surface area contributed by atoms with Crippen molar-refractivity contribution in [3.63, 3.8) is 0 Å². The first-order chi connectivity index (χ1) is 17.3. The number of nitrogens with one attached hydrogen (secondary N) is 3. The van der Waals surface area contributed by atoms with Crippen LogP contribution in [-0.2, 0) is 14.4 Å². The molecular formula is C25H22BrClN4O5. The molecule has 0 unspecified atom stereocenters. The summed E-state index contributed by atoms with van der Waals surface area (Å²) in [6.45, 7) is 1.65. The van der Waals surface area contributed by atoms with E-state index in [1.54, 1.807) is 36.4 Å². The second-order valence-electron chi connectivity index (χ2n) is 7.35. The average molecular weight is 574 g/mol. The Labute approximate surface area is 220 Å². The summed E-state index contributed by atoms with van der Waals surface area (Å²) < 4.78 is 11.5. The Morgan fingerprint density at radius 3 is 2.53 bits per heavy atom. The summed E-state index contributed by atoms with van der Waals surface area (Å²) in [6, 6.07) is 17.1. The molecule has 0 atom stereocenters. The molecule has 3 rings (SSSR count). The number of nitrogens with zero attached hydrogens (tertiary/aromatic N) is 1. The molecule has 36 heavy (non-hydrogen) atoms. The number of aryl methyl sites for hydroxylation is 1. The van der Waals surface area contributed by atoms with Crippen LogP contribution < -0.4 is 25.5 Å². The Kier molecular flexibility index (Phi) is 9.43. The fourth-order valence-electron chi connectivity index (χ4n) is 2.96. The molecule has 186 valence electrons.